The second kappa shape index (κ2) is 8.17. The molecule has 1 aliphatic carbocycles. The third kappa shape index (κ3) is 5.02. The topological polar surface area (TPSA) is 58.2 Å². The molecule has 1 aromatic rings. The van der Waals surface area contributed by atoms with Crippen LogP contribution in [0.25, 0.3) is 0 Å². The minimum Gasteiger partial charge on any atom is -0.335 e. The van der Waals surface area contributed by atoms with Gasteiger partial charge in [-0.2, -0.15) is 0 Å². The van der Waals surface area contributed by atoms with E-state index in [2.05, 4.69) is 10.6 Å². The number of nitrogens with one attached hydrogen (secondary N) is 2. The SMILES string of the molecule is CC(Sc1ccccc1F)C(=O)NC(=O)NC1CCCCC1. The molecule has 3 amide bonds. The van der Waals surface area contributed by atoms with Crippen molar-refractivity contribution in [3.8, 4) is 0 Å². The van der Waals surface area contributed by atoms with E-state index in [0.717, 1.165) is 37.4 Å². The summed E-state index contributed by atoms with van der Waals surface area (Å²) in [6.07, 6.45) is 5.34. The minimum absolute atomic E-state index is 0.149. The molecule has 0 radical (unpaired) electrons. The van der Waals surface area contributed by atoms with Crippen molar-refractivity contribution in [2.75, 3.05) is 0 Å². The van der Waals surface area contributed by atoms with E-state index in [1.165, 1.54) is 12.5 Å². The number of hydrogen-bond acceptors (Lipinski definition) is 3. The first-order chi connectivity index (χ1) is 10.6. The lowest BCUT2D eigenvalue weighted by Crippen LogP contribution is -2.47. The molecule has 2 N–H and O–H groups in total. The Morgan fingerprint density at radius 1 is 1.23 bits per heavy atom. The molecule has 0 bridgehead atoms. The number of amides is 3. The Bertz CT molecular complexity index is 533. The number of thioether (sulfide) groups is 1. The second-order valence-corrected chi connectivity index (χ2v) is 6.87. The number of hydrogen-bond donors (Lipinski definition) is 2. The third-order valence-electron chi connectivity index (χ3n) is 3.69. The zero-order valence-corrected chi connectivity index (χ0v) is 13.4. The smallest absolute Gasteiger partial charge is 0.321 e. The molecule has 1 aliphatic rings. The lowest BCUT2D eigenvalue weighted by molar-refractivity contribution is -0.119. The predicted octanol–water partition coefficient (Wildman–Crippen LogP) is 3.46. The Balaban J connectivity index is 1.80. The van der Waals surface area contributed by atoms with Gasteiger partial charge in [0.1, 0.15) is 5.82 Å². The van der Waals surface area contributed by atoms with Crippen molar-refractivity contribution in [2.45, 2.75) is 55.2 Å². The predicted molar refractivity (Wildman–Crippen MR) is 85.3 cm³/mol. The molecule has 120 valence electrons. The van der Waals surface area contributed by atoms with Crippen molar-refractivity contribution in [3.05, 3.63) is 30.1 Å². The molecule has 1 saturated carbocycles. The summed E-state index contributed by atoms with van der Waals surface area (Å²) in [5.74, 6) is -0.777. The normalized spacial score (nSPS) is 16.8. The van der Waals surface area contributed by atoms with Gasteiger partial charge in [0, 0.05) is 10.9 Å². The Morgan fingerprint density at radius 3 is 2.59 bits per heavy atom. The molecule has 1 unspecified atom stereocenters. The van der Waals surface area contributed by atoms with Gasteiger partial charge in [0.15, 0.2) is 0 Å². The van der Waals surface area contributed by atoms with E-state index >= 15 is 0 Å². The second-order valence-electron chi connectivity index (χ2n) is 5.49. The average molecular weight is 324 g/mol. The largest absolute Gasteiger partial charge is 0.335 e. The Hall–Kier alpha value is -1.56. The quantitative estimate of drug-likeness (QED) is 0.834. The Kier molecular flexibility index (Phi) is 6.24. The number of rotatable bonds is 4. The lowest BCUT2D eigenvalue weighted by Gasteiger charge is -2.23. The summed E-state index contributed by atoms with van der Waals surface area (Å²) in [4.78, 5) is 24.2. The first kappa shape index (κ1) is 16.8. The van der Waals surface area contributed by atoms with Crippen molar-refractivity contribution in [2.24, 2.45) is 0 Å². The highest BCUT2D eigenvalue weighted by Gasteiger charge is 2.21. The van der Waals surface area contributed by atoms with Gasteiger partial charge in [0.2, 0.25) is 5.91 Å². The van der Waals surface area contributed by atoms with Crippen LogP contribution in [0, 0.1) is 5.82 Å². The van der Waals surface area contributed by atoms with Crippen LogP contribution in [0.3, 0.4) is 0 Å². The maximum absolute atomic E-state index is 13.6. The lowest BCUT2D eigenvalue weighted by atomic mass is 9.96. The number of urea groups is 1. The van der Waals surface area contributed by atoms with Gasteiger partial charge in [-0.05, 0) is 31.9 Å². The van der Waals surface area contributed by atoms with Gasteiger partial charge < -0.3 is 5.32 Å². The third-order valence-corrected chi connectivity index (χ3v) is 4.84. The highest BCUT2D eigenvalue weighted by atomic mass is 32.2. The van der Waals surface area contributed by atoms with E-state index < -0.39 is 17.2 Å². The zero-order valence-electron chi connectivity index (χ0n) is 12.6. The van der Waals surface area contributed by atoms with Crippen LogP contribution in [0.2, 0.25) is 0 Å². The molecule has 0 aromatic heterocycles. The van der Waals surface area contributed by atoms with Gasteiger partial charge in [-0.3, -0.25) is 10.1 Å². The van der Waals surface area contributed by atoms with Crippen molar-refractivity contribution in [1.82, 2.24) is 10.6 Å². The van der Waals surface area contributed by atoms with E-state index in [4.69, 9.17) is 0 Å². The summed E-state index contributed by atoms with van der Waals surface area (Å²) in [6, 6.07) is 5.97. The number of halogens is 1. The van der Waals surface area contributed by atoms with Crippen molar-refractivity contribution < 1.29 is 14.0 Å². The van der Waals surface area contributed by atoms with Crippen LogP contribution in [0.4, 0.5) is 9.18 Å². The van der Waals surface area contributed by atoms with E-state index in [9.17, 15) is 14.0 Å². The summed E-state index contributed by atoms with van der Waals surface area (Å²) in [5, 5.41) is 4.61. The molecule has 0 saturated heterocycles. The van der Waals surface area contributed by atoms with Gasteiger partial charge in [-0.25, -0.2) is 9.18 Å². The fourth-order valence-corrected chi connectivity index (χ4v) is 3.35. The van der Waals surface area contributed by atoms with Crippen LogP contribution >= 0.6 is 11.8 Å². The molecule has 1 aromatic carbocycles. The van der Waals surface area contributed by atoms with Crippen molar-refractivity contribution >= 4 is 23.7 Å². The number of imide groups is 1. The van der Waals surface area contributed by atoms with E-state index in [-0.39, 0.29) is 11.9 Å². The molecule has 1 fully saturated rings. The van der Waals surface area contributed by atoms with Gasteiger partial charge in [0.25, 0.3) is 0 Å². The Labute approximate surface area is 134 Å². The summed E-state index contributed by atoms with van der Waals surface area (Å²) < 4.78 is 13.6. The molecule has 22 heavy (non-hydrogen) atoms. The number of carbonyl (C=O) groups is 2. The summed E-state index contributed by atoms with van der Waals surface area (Å²) in [7, 11) is 0. The molecular formula is C16H21FN2O2S. The minimum atomic E-state index is -0.547. The maximum Gasteiger partial charge on any atom is 0.321 e. The van der Waals surface area contributed by atoms with Crippen molar-refractivity contribution in [3.63, 3.8) is 0 Å². The molecule has 0 heterocycles. The molecule has 4 nitrogen and oxygen atoms in total. The first-order valence-electron chi connectivity index (χ1n) is 7.59. The highest BCUT2D eigenvalue weighted by molar-refractivity contribution is 8.00. The van der Waals surface area contributed by atoms with Crippen LogP contribution < -0.4 is 10.6 Å². The van der Waals surface area contributed by atoms with E-state index in [0.29, 0.717) is 4.90 Å². The molecule has 0 spiro atoms. The van der Waals surface area contributed by atoms with Crippen LogP contribution in [-0.4, -0.2) is 23.2 Å². The van der Waals surface area contributed by atoms with Gasteiger partial charge in [0.05, 0.1) is 5.25 Å². The molecule has 2 rings (SSSR count). The summed E-state index contributed by atoms with van der Waals surface area (Å²) in [6.45, 7) is 1.65. The maximum atomic E-state index is 13.6. The van der Waals surface area contributed by atoms with Crippen molar-refractivity contribution in [1.29, 1.82) is 0 Å². The van der Waals surface area contributed by atoms with Crippen LogP contribution in [0.5, 0.6) is 0 Å². The average Bonchev–Trinajstić information content (AvgIpc) is 2.50. The monoisotopic (exact) mass is 324 g/mol. The Morgan fingerprint density at radius 2 is 1.91 bits per heavy atom. The fourth-order valence-electron chi connectivity index (χ4n) is 2.47. The van der Waals surface area contributed by atoms with E-state index in [1.54, 1.807) is 25.1 Å². The first-order valence-corrected chi connectivity index (χ1v) is 8.47. The van der Waals surface area contributed by atoms with Gasteiger partial charge in [-0.1, -0.05) is 31.4 Å². The fraction of sp³-hybridized carbons (Fsp3) is 0.500. The molecule has 0 aliphatic heterocycles. The van der Waals surface area contributed by atoms with Gasteiger partial charge >= 0.3 is 6.03 Å². The summed E-state index contributed by atoms with van der Waals surface area (Å²) in [5.41, 5.74) is 0. The molecule has 1 atom stereocenters. The zero-order chi connectivity index (χ0) is 15.9. The van der Waals surface area contributed by atoms with Crippen LogP contribution in [-0.2, 0) is 4.79 Å². The van der Waals surface area contributed by atoms with Crippen LogP contribution in [0.15, 0.2) is 29.2 Å². The van der Waals surface area contributed by atoms with Gasteiger partial charge in [-0.15, -0.1) is 11.8 Å². The molecule has 6 heteroatoms. The number of benzene rings is 1. The standard InChI is InChI=1S/C16H21FN2O2S/c1-11(22-14-10-6-5-9-13(14)17)15(20)19-16(21)18-12-7-3-2-4-8-12/h5-6,9-12H,2-4,7-8H2,1H3,(H2,18,19,20,21). The summed E-state index contributed by atoms with van der Waals surface area (Å²) >= 11 is 1.10. The molecular weight excluding hydrogens is 303 g/mol. The highest BCUT2D eigenvalue weighted by Crippen LogP contribution is 2.25. The number of carbonyl (C=O) groups excluding carboxylic acids is 2. The van der Waals surface area contributed by atoms with Crippen LogP contribution in [0.1, 0.15) is 39.0 Å². The van der Waals surface area contributed by atoms with E-state index in [1.807, 2.05) is 0 Å².